The molecule has 0 aliphatic carbocycles. The third-order valence-corrected chi connectivity index (χ3v) is 3.13. The zero-order valence-electron chi connectivity index (χ0n) is 10.4. The maximum atomic E-state index is 11.6. The van der Waals surface area contributed by atoms with Crippen molar-refractivity contribution in [3.63, 3.8) is 0 Å². The van der Waals surface area contributed by atoms with Gasteiger partial charge in [0, 0.05) is 5.33 Å². The van der Waals surface area contributed by atoms with Gasteiger partial charge in [-0.1, -0.05) is 22.0 Å². The number of rotatable bonds is 6. The topological polar surface area (TPSA) is 50.1 Å². The van der Waals surface area contributed by atoms with E-state index in [0.29, 0.717) is 18.6 Å². The molecule has 1 aromatic carbocycles. The molecule has 18 heavy (non-hydrogen) atoms. The number of esters is 1. The fourth-order valence-electron chi connectivity index (χ4n) is 1.72. The van der Waals surface area contributed by atoms with Gasteiger partial charge in [0.2, 0.25) is 0 Å². The maximum absolute atomic E-state index is 11.6. The summed E-state index contributed by atoms with van der Waals surface area (Å²) >= 11 is 3.39. The van der Waals surface area contributed by atoms with Gasteiger partial charge in [0.1, 0.15) is 0 Å². The zero-order valence-corrected chi connectivity index (χ0v) is 12.0. The van der Waals surface area contributed by atoms with Crippen molar-refractivity contribution in [2.24, 2.45) is 0 Å². The minimum absolute atomic E-state index is 0.324. The number of benzene rings is 1. The molecule has 0 aromatic heterocycles. The lowest BCUT2D eigenvalue weighted by Gasteiger charge is -2.09. The van der Waals surface area contributed by atoms with Crippen molar-refractivity contribution in [3.8, 4) is 6.07 Å². The molecule has 0 aliphatic rings. The molecule has 0 unspecified atom stereocenters. The Morgan fingerprint density at radius 1 is 1.44 bits per heavy atom. The third-order valence-electron chi connectivity index (χ3n) is 2.57. The summed E-state index contributed by atoms with van der Waals surface area (Å²) in [6.07, 6.45) is 2.24. The summed E-state index contributed by atoms with van der Waals surface area (Å²) < 4.78 is 4.95. The Bertz CT molecular complexity index is 452. The van der Waals surface area contributed by atoms with Gasteiger partial charge in [-0.3, -0.25) is 0 Å². The van der Waals surface area contributed by atoms with Gasteiger partial charge in [0.15, 0.2) is 0 Å². The molecule has 96 valence electrons. The SMILES string of the molecule is CCOC(=O)c1ccc(CCCBr)c(CC#N)c1. The van der Waals surface area contributed by atoms with E-state index in [-0.39, 0.29) is 5.97 Å². The number of alkyl halides is 1. The van der Waals surface area contributed by atoms with Gasteiger partial charge in [-0.25, -0.2) is 4.79 Å². The second-order valence-electron chi connectivity index (χ2n) is 3.83. The largest absolute Gasteiger partial charge is 0.462 e. The molecule has 4 heteroatoms. The number of nitrogens with zero attached hydrogens (tertiary/aromatic N) is 1. The lowest BCUT2D eigenvalue weighted by atomic mass is 9.98. The first-order chi connectivity index (χ1) is 8.72. The molecule has 0 heterocycles. The van der Waals surface area contributed by atoms with Crippen LogP contribution in [0.15, 0.2) is 18.2 Å². The van der Waals surface area contributed by atoms with E-state index in [0.717, 1.165) is 29.3 Å². The van der Waals surface area contributed by atoms with E-state index in [1.807, 2.05) is 6.07 Å². The van der Waals surface area contributed by atoms with Crippen molar-refractivity contribution in [2.45, 2.75) is 26.2 Å². The summed E-state index contributed by atoms with van der Waals surface area (Å²) in [6.45, 7) is 2.14. The van der Waals surface area contributed by atoms with Crippen LogP contribution in [-0.4, -0.2) is 17.9 Å². The van der Waals surface area contributed by atoms with Crippen LogP contribution in [-0.2, 0) is 17.6 Å². The van der Waals surface area contributed by atoms with Gasteiger partial charge in [-0.2, -0.15) is 5.26 Å². The summed E-state index contributed by atoms with van der Waals surface area (Å²) in [4.78, 5) is 11.6. The molecular formula is C14H16BrNO2. The number of hydrogen-bond acceptors (Lipinski definition) is 3. The first-order valence-corrected chi connectivity index (χ1v) is 7.07. The molecule has 0 spiro atoms. The Kier molecular flexibility index (Phi) is 6.45. The van der Waals surface area contributed by atoms with Crippen LogP contribution in [0.3, 0.4) is 0 Å². The number of hydrogen-bond donors (Lipinski definition) is 0. The van der Waals surface area contributed by atoms with Gasteiger partial charge in [0.05, 0.1) is 24.7 Å². The van der Waals surface area contributed by atoms with E-state index < -0.39 is 0 Å². The molecule has 1 aromatic rings. The van der Waals surface area contributed by atoms with Crippen LogP contribution in [0.5, 0.6) is 0 Å². The highest BCUT2D eigenvalue weighted by atomic mass is 79.9. The van der Waals surface area contributed by atoms with Gasteiger partial charge < -0.3 is 4.74 Å². The predicted molar refractivity (Wildman–Crippen MR) is 73.8 cm³/mol. The fourth-order valence-corrected chi connectivity index (χ4v) is 2.00. The molecule has 0 saturated carbocycles. The number of ether oxygens (including phenoxy) is 1. The van der Waals surface area contributed by atoms with Crippen molar-refractivity contribution >= 4 is 21.9 Å². The molecule has 0 amide bonds. The van der Waals surface area contributed by atoms with E-state index in [2.05, 4.69) is 22.0 Å². The minimum atomic E-state index is -0.330. The maximum Gasteiger partial charge on any atom is 0.338 e. The van der Waals surface area contributed by atoms with Gasteiger partial charge in [-0.05, 0) is 43.0 Å². The molecule has 0 aliphatic heterocycles. The summed E-state index contributed by atoms with van der Waals surface area (Å²) in [5.41, 5.74) is 2.57. The van der Waals surface area contributed by atoms with Crippen molar-refractivity contribution in [1.29, 1.82) is 5.26 Å². The van der Waals surface area contributed by atoms with Crippen LogP contribution in [0.1, 0.15) is 34.8 Å². The second kappa shape index (κ2) is 7.88. The van der Waals surface area contributed by atoms with E-state index >= 15 is 0 Å². The molecule has 1 rings (SSSR count). The van der Waals surface area contributed by atoms with Crippen LogP contribution in [0.2, 0.25) is 0 Å². The van der Waals surface area contributed by atoms with E-state index in [9.17, 15) is 4.79 Å². The average Bonchev–Trinajstić information content (AvgIpc) is 2.38. The Morgan fingerprint density at radius 3 is 2.83 bits per heavy atom. The monoisotopic (exact) mass is 309 g/mol. The summed E-state index contributed by atoms with van der Waals surface area (Å²) in [5.74, 6) is -0.330. The quantitative estimate of drug-likeness (QED) is 0.598. The van der Waals surface area contributed by atoms with Crippen LogP contribution in [0, 0.1) is 11.3 Å². The van der Waals surface area contributed by atoms with E-state index in [1.165, 1.54) is 0 Å². The highest BCUT2D eigenvalue weighted by Gasteiger charge is 2.10. The average molecular weight is 310 g/mol. The van der Waals surface area contributed by atoms with Gasteiger partial charge in [-0.15, -0.1) is 0 Å². The Balaban J connectivity index is 2.95. The lowest BCUT2D eigenvalue weighted by molar-refractivity contribution is 0.0526. The van der Waals surface area contributed by atoms with Crippen molar-refractivity contribution in [2.75, 3.05) is 11.9 Å². The normalized spacial score (nSPS) is 9.83. The van der Waals surface area contributed by atoms with E-state index in [4.69, 9.17) is 10.00 Å². The Morgan fingerprint density at radius 2 is 2.22 bits per heavy atom. The third kappa shape index (κ3) is 4.15. The summed E-state index contributed by atoms with van der Waals surface area (Å²) in [5, 5.41) is 9.76. The number of halogens is 1. The number of carbonyl (C=O) groups is 1. The fraction of sp³-hybridized carbons (Fsp3) is 0.429. The first kappa shape index (κ1) is 14.7. The predicted octanol–water partition coefficient (Wildman–Crippen LogP) is 3.26. The molecular weight excluding hydrogens is 294 g/mol. The van der Waals surface area contributed by atoms with Crippen molar-refractivity contribution in [3.05, 3.63) is 34.9 Å². The Labute approximate surface area is 116 Å². The zero-order chi connectivity index (χ0) is 13.4. The summed E-state index contributed by atoms with van der Waals surface area (Å²) in [6, 6.07) is 7.59. The highest BCUT2D eigenvalue weighted by molar-refractivity contribution is 9.09. The van der Waals surface area contributed by atoms with E-state index in [1.54, 1.807) is 19.1 Å². The van der Waals surface area contributed by atoms with Crippen LogP contribution in [0.25, 0.3) is 0 Å². The number of carbonyl (C=O) groups excluding carboxylic acids is 1. The molecule has 0 atom stereocenters. The highest BCUT2D eigenvalue weighted by Crippen LogP contribution is 2.16. The summed E-state index contributed by atoms with van der Waals surface area (Å²) in [7, 11) is 0. The molecule has 3 nitrogen and oxygen atoms in total. The lowest BCUT2D eigenvalue weighted by Crippen LogP contribution is -2.06. The smallest absolute Gasteiger partial charge is 0.338 e. The van der Waals surface area contributed by atoms with Crippen molar-refractivity contribution < 1.29 is 9.53 Å². The molecule has 0 fully saturated rings. The van der Waals surface area contributed by atoms with Crippen LogP contribution >= 0.6 is 15.9 Å². The number of aryl methyl sites for hydroxylation is 1. The molecule has 0 N–H and O–H groups in total. The first-order valence-electron chi connectivity index (χ1n) is 5.94. The van der Waals surface area contributed by atoms with Crippen molar-refractivity contribution in [1.82, 2.24) is 0 Å². The molecule has 0 saturated heterocycles. The van der Waals surface area contributed by atoms with Gasteiger partial charge in [0.25, 0.3) is 0 Å². The molecule has 0 bridgehead atoms. The minimum Gasteiger partial charge on any atom is -0.462 e. The Hall–Kier alpha value is -1.34. The van der Waals surface area contributed by atoms with Crippen LogP contribution in [0.4, 0.5) is 0 Å². The molecule has 0 radical (unpaired) electrons. The second-order valence-corrected chi connectivity index (χ2v) is 4.62. The number of nitriles is 1. The standard InChI is InChI=1S/C14H16BrNO2/c1-2-18-14(17)13-6-5-11(4-3-8-15)12(10-13)7-9-16/h5-6,10H,2-4,7-8H2,1H3. The van der Waals surface area contributed by atoms with Crippen LogP contribution < -0.4 is 0 Å². The van der Waals surface area contributed by atoms with Gasteiger partial charge >= 0.3 is 5.97 Å².